The summed E-state index contributed by atoms with van der Waals surface area (Å²) in [5, 5.41) is 3.91. The molecule has 0 saturated carbocycles. The van der Waals surface area contributed by atoms with E-state index in [1.807, 2.05) is 6.92 Å². The highest BCUT2D eigenvalue weighted by molar-refractivity contribution is 7.89. The molecule has 0 aliphatic heterocycles. The van der Waals surface area contributed by atoms with Gasteiger partial charge < -0.3 is 14.2 Å². The number of hydrogen-bond donors (Lipinski definition) is 1. The molecule has 0 radical (unpaired) electrons. The fraction of sp³-hybridized carbons (Fsp3) is 0.167. The van der Waals surface area contributed by atoms with Crippen LogP contribution in [-0.2, 0) is 10.0 Å². The molecule has 3 aromatic rings. The Morgan fingerprint density at radius 1 is 1.09 bits per heavy atom. The number of ether oxygens (including phenoxy) is 3. The van der Waals surface area contributed by atoms with Gasteiger partial charge in [0.05, 0.1) is 35.4 Å². The second-order valence-corrected chi connectivity index (χ2v) is 9.12. The summed E-state index contributed by atoms with van der Waals surface area (Å²) in [6.07, 6.45) is 1.27. The molecule has 0 fully saturated rings. The highest BCUT2D eigenvalue weighted by Crippen LogP contribution is 2.37. The molecule has 3 rings (SSSR count). The summed E-state index contributed by atoms with van der Waals surface area (Å²) in [7, 11) is -2.30. The Bertz CT molecular complexity index is 1290. The molecule has 0 heterocycles. The van der Waals surface area contributed by atoms with Gasteiger partial charge in [0, 0.05) is 0 Å². The number of nitrogens with zero attached hydrogens (tertiary/aromatic N) is 1. The number of hydrazone groups is 1. The normalized spacial score (nSPS) is 11.3. The van der Waals surface area contributed by atoms with Crippen molar-refractivity contribution in [3.63, 3.8) is 0 Å². The molecular formula is C24H23ClN2O6S. The molecular weight excluding hydrogens is 480 g/mol. The number of carbonyl (C=O) groups excluding carboxylic acids is 1. The summed E-state index contributed by atoms with van der Waals surface area (Å²) in [6, 6.07) is 15.8. The Balaban J connectivity index is 1.79. The van der Waals surface area contributed by atoms with Crippen molar-refractivity contribution in [2.45, 2.75) is 18.7 Å². The smallest absolute Gasteiger partial charge is 0.343 e. The molecule has 0 amide bonds. The van der Waals surface area contributed by atoms with Gasteiger partial charge in [0.2, 0.25) is 0 Å². The minimum Gasteiger partial charge on any atom is -0.497 e. The maximum absolute atomic E-state index is 12.6. The second kappa shape index (κ2) is 11.0. The zero-order valence-electron chi connectivity index (χ0n) is 18.7. The summed E-state index contributed by atoms with van der Waals surface area (Å²) in [5.41, 5.74) is 1.67. The van der Waals surface area contributed by atoms with Crippen LogP contribution in [0.2, 0.25) is 5.02 Å². The minimum atomic E-state index is -3.83. The van der Waals surface area contributed by atoms with Crippen LogP contribution < -0.4 is 19.0 Å². The first-order valence-corrected chi connectivity index (χ1v) is 12.0. The number of aryl methyl sites for hydroxylation is 1. The van der Waals surface area contributed by atoms with Gasteiger partial charge in [-0.3, -0.25) is 0 Å². The maximum atomic E-state index is 12.6. The Morgan fingerprint density at radius 3 is 2.38 bits per heavy atom. The molecule has 34 heavy (non-hydrogen) atoms. The number of methoxy groups -OCH3 is 1. The van der Waals surface area contributed by atoms with Crippen molar-refractivity contribution < 1.29 is 27.4 Å². The topological polar surface area (TPSA) is 103 Å². The van der Waals surface area contributed by atoms with Gasteiger partial charge in [-0.25, -0.2) is 9.63 Å². The second-order valence-electron chi connectivity index (χ2n) is 7.05. The van der Waals surface area contributed by atoms with Gasteiger partial charge in [0.1, 0.15) is 5.75 Å². The molecule has 0 atom stereocenters. The monoisotopic (exact) mass is 502 g/mol. The average molecular weight is 503 g/mol. The van der Waals surface area contributed by atoms with Crippen LogP contribution in [0.5, 0.6) is 17.2 Å². The summed E-state index contributed by atoms with van der Waals surface area (Å²) >= 11 is 6.35. The number of halogens is 1. The van der Waals surface area contributed by atoms with Crippen molar-refractivity contribution in [1.82, 2.24) is 4.83 Å². The molecule has 178 valence electrons. The van der Waals surface area contributed by atoms with E-state index in [1.54, 1.807) is 43.3 Å². The highest BCUT2D eigenvalue weighted by atomic mass is 35.5. The molecule has 0 aliphatic carbocycles. The average Bonchev–Trinajstić information content (AvgIpc) is 2.81. The SMILES string of the molecule is CCOc1cc(/C=N\NS(=O)(=O)c2ccc(C)cc2)cc(Cl)c1OC(=O)c1ccc(OC)cc1. The van der Waals surface area contributed by atoms with Crippen molar-refractivity contribution in [1.29, 1.82) is 0 Å². The summed E-state index contributed by atoms with van der Waals surface area (Å²) in [5.74, 6) is 0.227. The van der Waals surface area contributed by atoms with Gasteiger partial charge in [-0.1, -0.05) is 29.3 Å². The van der Waals surface area contributed by atoms with E-state index < -0.39 is 16.0 Å². The molecule has 0 aromatic heterocycles. The summed E-state index contributed by atoms with van der Waals surface area (Å²) in [6.45, 7) is 3.91. The van der Waals surface area contributed by atoms with Crippen LogP contribution in [0.1, 0.15) is 28.4 Å². The third-order valence-electron chi connectivity index (χ3n) is 4.57. The van der Waals surface area contributed by atoms with Gasteiger partial charge in [-0.15, -0.1) is 0 Å². The molecule has 1 N–H and O–H groups in total. The first-order valence-electron chi connectivity index (χ1n) is 10.2. The van der Waals surface area contributed by atoms with E-state index >= 15 is 0 Å². The third-order valence-corrected chi connectivity index (χ3v) is 6.09. The molecule has 0 unspecified atom stereocenters. The first kappa shape index (κ1) is 25.1. The van der Waals surface area contributed by atoms with Gasteiger partial charge in [-0.2, -0.15) is 13.5 Å². The van der Waals surface area contributed by atoms with E-state index in [0.717, 1.165) is 5.56 Å². The molecule has 0 saturated heterocycles. The van der Waals surface area contributed by atoms with Crippen molar-refractivity contribution in [3.8, 4) is 17.2 Å². The number of nitrogens with one attached hydrogen (secondary N) is 1. The highest BCUT2D eigenvalue weighted by Gasteiger charge is 2.18. The molecule has 0 aliphatic rings. The molecule has 0 spiro atoms. The van der Waals surface area contributed by atoms with Crippen molar-refractivity contribution >= 4 is 33.8 Å². The standard InChI is InChI=1S/C24H23ClN2O6S/c1-4-32-22-14-17(15-26-27-34(29,30)20-11-5-16(2)6-12-20)13-21(25)23(22)33-24(28)18-7-9-19(31-3)10-8-18/h5-15,27H,4H2,1-3H3/b26-15-. The van der Waals surface area contributed by atoms with E-state index in [9.17, 15) is 13.2 Å². The Kier molecular flexibility index (Phi) is 8.14. The molecule has 8 nitrogen and oxygen atoms in total. The van der Waals surface area contributed by atoms with Crippen LogP contribution in [0, 0.1) is 6.92 Å². The van der Waals surface area contributed by atoms with Gasteiger partial charge >= 0.3 is 5.97 Å². The predicted octanol–water partition coefficient (Wildman–Crippen LogP) is 4.59. The van der Waals surface area contributed by atoms with E-state index in [4.69, 9.17) is 25.8 Å². The van der Waals surface area contributed by atoms with E-state index in [0.29, 0.717) is 16.9 Å². The number of esters is 1. The fourth-order valence-electron chi connectivity index (χ4n) is 2.84. The van der Waals surface area contributed by atoms with Crippen LogP contribution >= 0.6 is 11.6 Å². The maximum Gasteiger partial charge on any atom is 0.343 e. The summed E-state index contributed by atoms with van der Waals surface area (Å²) < 4.78 is 40.9. The van der Waals surface area contributed by atoms with Crippen LogP contribution in [-0.4, -0.2) is 34.3 Å². The lowest BCUT2D eigenvalue weighted by atomic mass is 10.2. The zero-order valence-corrected chi connectivity index (χ0v) is 20.3. The van der Waals surface area contributed by atoms with Crippen LogP contribution in [0.4, 0.5) is 0 Å². The quantitative estimate of drug-likeness (QED) is 0.199. The van der Waals surface area contributed by atoms with Crippen molar-refractivity contribution in [3.05, 3.63) is 82.4 Å². The lowest BCUT2D eigenvalue weighted by Crippen LogP contribution is -2.18. The third kappa shape index (κ3) is 6.27. The van der Waals surface area contributed by atoms with E-state index in [-0.39, 0.29) is 28.0 Å². The summed E-state index contributed by atoms with van der Waals surface area (Å²) in [4.78, 5) is 14.8. The van der Waals surface area contributed by atoms with Crippen LogP contribution in [0.25, 0.3) is 0 Å². The van der Waals surface area contributed by atoms with Gasteiger partial charge in [0.25, 0.3) is 10.0 Å². The molecule has 3 aromatic carbocycles. The Labute approximate surface area is 203 Å². The number of sulfonamides is 1. The van der Waals surface area contributed by atoms with E-state index in [1.165, 1.54) is 37.6 Å². The number of carbonyl (C=O) groups is 1. The lowest BCUT2D eigenvalue weighted by molar-refractivity contribution is 0.0728. The van der Waals surface area contributed by atoms with Crippen molar-refractivity contribution in [2.24, 2.45) is 5.10 Å². The van der Waals surface area contributed by atoms with Crippen LogP contribution in [0.3, 0.4) is 0 Å². The number of hydrogen-bond acceptors (Lipinski definition) is 7. The largest absolute Gasteiger partial charge is 0.497 e. The lowest BCUT2D eigenvalue weighted by Gasteiger charge is -2.13. The predicted molar refractivity (Wildman–Crippen MR) is 130 cm³/mol. The molecule has 10 heteroatoms. The van der Waals surface area contributed by atoms with Gasteiger partial charge in [-0.05, 0) is 67.9 Å². The van der Waals surface area contributed by atoms with E-state index in [2.05, 4.69) is 9.93 Å². The van der Waals surface area contributed by atoms with Crippen molar-refractivity contribution in [2.75, 3.05) is 13.7 Å². The zero-order chi connectivity index (χ0) is 24.7. The van der Waals surface area contributed by atoms with Crippen LogP contribution in [0.15, 0.2) is 70.7 Å². The fourth-order valence-corrected chi connectivity index (χ4v) is 3.89. The number of benzene rings is 3. The minimum absolute atomic E-state index is 0.0433. The Hall–Kier alpha value is -3.56. The number of rotatable bonds is 9. The Morgan fingerprint density at radius 2 is 1.76 bits per heavy atom. The van der Waals surface area contributed by atoms with Gasteiger partial charge in [0.15, 0.2) is 11.5 Å². The first-order chi connectivity index (χ1) is 16.2. The molecule has 0 bridgehead atoms.